The van der Waals surface area contributed by atoms with E-state index < -0.39 is 23.3 Å². The Morgan fingerprint density at radius 3 is 2.26 bits per heavy atom. The third-order valence-electron chi connectivity index (χ3n) is 7.31. The van der Waals surface area contributed by atoms with Crippen molar-refractivity contribution in [3.63, 3.8) is 0 Å². The van der Waals surface area contributed by atoms with Crippen LogP contribution in [0.3, 0.4) is 0 Å². The van der Waals surface area contributed by atoms with Crippen molar-refractivity contribution in [1.29, 1.82) is 0 Å². The van der Waals surface area contributed by atoms with Gasteiger partial charge in [0.05, 0.1) is 0 Å². The number of fused-ring (bicyclic) bond motifs is 1. The van der Waals surface area contributed by atoms with E-state index in [0.717, 1.165) is 56.1 Å². The smallest absolute Gasteiger partial charge is 0.194 e. The van der Waals surface area contributed by atoms with Crippen LogP contribution in [-0.4, -0.2) is 13.2 Å². The molecule has 0 amide bonds. The molecule has 1 unspecified atom stereocenters. The van der Waals surface area contributed by atoms with Gasteiger partial charge in [0.15, 0.2) is 17.5 Å². The van der Waals surface area contributed by atoms with Gasteiger partial charge in [-0.2, -0.15) is 0 Å². The van der Waals surface area contributed by atoms with Crippen molar-refractivity contribution in [2.24, 2.45) is 17.8 Å². The highest BCUT2D eigenvalue weighted by atomic mass is 19.2. The lowest BCUT2D eigenvalue weighted by atomic mass is 9.69. The van der Waals surface area contributed by atoms with Gasteiger partial charge in [-0.05, 0) is 92.0 Å². The molecule has 1 nitrogen and oxygen atoms in total. The Balaban J connectivity index is 1.44. The number of halogens is 4. The second kappa shape index (κ2) is 9.72. The molecule has 0 aliphatic heterocycles. The fraction of sp³-hybridized carbons (Fsp3) is 0.538. The van der Waals surface area contributed by atoms with Crippen LogP contribution in [0.15, 0.2) is 24.3 Å². The van der Waals surface area contributed by atoms with Crippen LogP contribution >= 0.6 is 0 Å². The summed E-state index contributed by atoms with van der Waals surface area (Å²) in [5.41, 5.74) is 1.80. The van der Waals surface area contributed by atoms with Crippen LogP contribution in [0.25, 0.3) is 11.1 Å². The number of hydrogen-bond acceptors (Lipinski definition) is 1. The van der Waals surface area contributed by atoms with E-state index in [4.69, 9.17) is 4.74 Å². The topological polar surface area (TPSA) is 9.23 Å². The molecule has 168 valence electrons. The molecule has 0 saturated heterocycles. The van der Waals surface area contributed by atoms with E-state index in [9.17, 15) is 13.2 Å². The first kappa shape index (κ1) is 22.3. The molecule has 0 heterocycles. The summed E-state index contributed by atoms with van der Waals surface area (Å²) in [5, 5.41) is 0. The van der Waals surface area contributed by atoms with Crippen molar-refractivity contribution in [3.05, 3.63) is 58.7 Å². The van der Waals surface area contributed by atoms with Crippen molar-refractivity contribution in [2.45, 2.75) is 58.3 Å². The minimum Gasteiger partial charge on any atom is -0.382 e. The summed E-state index contributed by atoms with van der Waals surface area (Å²) >= 11 is 0. The monoisotopic (exact) mass is 434 g/mol. The molecule has 0 radical (unpaired) electrons. The van der Waals surface area contributed by atoms with Crippen molar-refractivity contribution in [1.82, 2.24) is 0 Å². The minimum absolute atomic E-state index is 0.0317. The number of rotatable bonds is 6. The van der Waals surface area contributed by atoms with E-state index in [1.165, 1.54) is 25.7 Å². The zero-order valence-corrected chi connectivity index (χ0v) is 18.0. The lowest BCUT2D eigenvalue weighted by Gasteiger charge is -2.36. The Labute approximate surface area is 181 Å². The first-order valence-electron chi connectivity index (χ1n) is 11.5. The van der Waals surface area contributed by atoms with Gasteiger partial charge in [0.1, 0.15) is 5.82 Å². The average Bonchev–Trinajstić information content (AvgIpc) is 2.78. The number of ether oxygens (including phenoxy) is 1. The predicted octanol–water partition coefficient (Wildman–Crippen LogP) is 7.25. The molecule has 5 heteroatoms. The summed E-state index contributed by atoms with van der Waals surface area (Å²) in [6, 6.07) is 5.18. The standard InChI is InChI=1S/C26H30F4O/c1-2-31-12-11-16-3-5-17(6-4-16)18-7-9-21-19(13-18)8-10-22(25(21)29)20-14-23(27)26(30)24(28)15-20/h8,10,14-18H,2-7,9,11-13H2,1H3. The van der Waals surface area contributed by atoms with E-state index in [2.05, 4.69) is 0 Å². The fourth-order valence-corrected chi connectivity index (χ4v) is 5.52. The van der Waals surface area contributed by atoms with Gasteiger partial charge in [-0.15, -0.1) is 0 Å². The second-order valence-corrected chi connectivity index (χ2v) is 9.09. The molecule has 1 fully saturated rings. The molecule has 0 spiro atoms. The van der Waals surface area contributed by atoms with E-state index in [1.807, 2.05) is 13.0 Å². The predicted molar refractivity (Wildman–Crippen MR) is 114 cm³/mol. The number of benzene rings is 2. The summed E-state index contributed by atoms with van der Waals surface area (Å²) < 4.78 is 61.2. The van der Waals surface area contributed by atoms with E-state index in [0.29, 0.717) is 23.8 Å². The Morgan fingerprint density at radius 1 is 0.871 bits per heavy atom. The molecule has 0 aromatic heterocycles. The Kier molecular flexibility index (Phi) is 7.00. The van der Waals surface area contributed by atoms with E-state index in [1.54, 1.807) is 6.07 Å². The highest BCUT2D eigenvalue weighted by Gasteiger charge is 2.31. The maximum Gasteiger partial charge on any atom is 0.194 e. The summed E-state index contributed by atoms with van der Waals surface area (Å²) in [6.07, 6.45) is 8.52. The highest BCUT2D eigenvalue weighted by Crippen LogP contribution is 2.42. The summed E-state index contributed by atoms with van der Waals surface area (Å²) in [7, 11) is 0. The molecule has 31 heavy (non-hydrogen) atoms. The zero-order valence-electron chi connectivity index (χ0n) is 18.0. The van der Waals surface area contributed by atoms with E-state index in [-0.39, 0.29) is 11.1 Å². The fourth-order valence-electron chi connectivity index (χ4n) is 5.52. The average molecular weight is 435 g/mol. The summed E-state index contributed by atoms with van der Waals surface area (Å²) in [6.45, 7) is 3.66. The second-order valence-electron chi connectivity index (χ2n) is 9.09. The third kappa shape index (κ3) is 4.82. The minimum atomic E-state index is -1.53. The largest absolute Gasteiger partial charge is 0.382 e. The Morgan fingerprint density at radius 2 is 1.58 bits per heavy atom. The van der Waals surface area contributed by atoms with Gasteiger partial charge in [0.25, 0.3) is 0 Å². The molecular weight excluding hydrogens is 404 g/mol. The van der Waals surface area contributed by atoms with Crippen LogP contribution in [0.5, 0.6) is 0 Å². The SMILES string of the molecule is CCOCCC1CCC(C2CCc3c(ccc(-c4cc(F)c(F)c(F)c4)c3F)C2)CC1. The maximum atomic E-state index is 15.2. The van der Waals surface area contributed by atoms with Gasteiger partial charge in [0.2, 0.25) is 0 Å². The summed E-state index contributed by atoms with van der Waals surface area (Å²) in [4.78, 5) is 0. The Hall–Kier alpha value is -1.88. The molecule has 2 aliphatic rings. The van der Waals surface area contributed by atoms with Gasteiger partial charge in [-0.1, -0.05) is 25.0 Å². The lowest BCUT2D eigenvalue weighted by molar-refractivity contribution is 0.112. The van der Waals surface area contributed by atoms with Crippen LogP contribution in [0.1, 0.15) is 56.6 Å². The molecule has 2 aromatic rings. The van der Waals surface area contributed by atoms with Crippen LogP contribution in [-0.2, 0) is 17.6 Å². The molecule has 1 atom stereocenters. The maximum absolute atomic E-state index is 15.2. The molecule has 4 rings (SSSR count). The molecule has 0 N–H and O–H groups in total. The normalized spacial score (nSPS) is 23.6. The molecule has 1 saturated carbocycles. The number of hydrogen-bond donors (Lipinski definition) is 0. The van der Waals surface area contributed by atoms with E-state index >= 15 is 4.39 Å². The highest BCUT2D eigenvalue weighted by molar-refractivity contribution is 5.66. The van der Waals surface area contributed by atoms with Crippen LogP contribution < -0.4 is 0 Å². The van der Waals surface area contributed by atoms with Gasteiger partial charge in [-0.3, -0.25) is 0 Å². The lowest BCUT2D eigenvalue weighted by Crippen LogP contribution is -2.27. The van der Waals surface area contributed by atoms with Crippen LogP contribution in [0.4, 0.5) is 17.6 Å². The molecule has 2 aliphatic carbocycles. The third-order valence-corrected chi connectivity index (χ3v) is 7.31. The van der Waals surface area contributed by atoms with Crippen molar-refractivity contribution < 1.29 is 22.3 Å². The molecule has 2 aromatic carbocycles. The van der Waals surface area contributed by atoms with Crippen molar-refractivity contribution in [3.8, 4) is 11.1 Å². The first-order chi connectivity index (χ1) is 15.0. The quantitative estimate of drug-likeness (QED) is 0.264. The van der Waals surface area contributed by atoms with Gasteiger partial charge in [0, 0.05) is 18.8 Å². The van der Waals surface area contributed by atoms with Crippen molar-refractivity contribution in [2.75, 3.05) is 13.2 Å². The molecular formula is C26H30F4O. The van der Waals surface area contributed by atoms with Gasteiger partial charge >= 0.3 is 0 Å². The van der Waals surface area contributed by atoms with Gasteiger partial charge < -0.3 is 4.74 Å². The van der Waals surface area contributed by atoms with Crippen molar-refractivity contribution >= 4 is 0 Å². The summed E-state index contributed by atoms with van der Waals surface area (Å²) in [5.74, 6) is -2.56. The van der Waals surface area contributed by atoms with Gasteiger partial charge in [-0.25, -0.2) is 17.6 Å². The zero-order chi connectivity index (χ0) is 22.0. The first-order valence-corrected chi connectivity index (χ1v) is 11.5. The Bertz CT molecular complexity index is 895. The van der Waals surface area contributed by atoms with Crippen LogP contribution in [0.2, 0.25) is 0 Å². The molecule has 0 bridgehead atoms. The van der Waals surface area contributed by atoms with Crippen LogP contribution in [0, 0.1) is 41.0 Å².